The molecule has 0 aromatic rings. The minimum absolute atomic E-state index is 0.675. The van der Waals surface area contributed by atoms with Crippen LogP contribution in [0.1, 0.15) is 52.4 Å². The molecule has 0 aliphatic heterocycles. The molecule has 0 bridgehead atoms. The number of nitrogens with one attached hydrogen (secondary N) is 1. The molecule has 16 heavy (non-hydrogen) atoms. The molecule has 0 radical (unpaired) electrons. The molecule has 2 nitrogen and oxygen atoms in total. The van der Waals surface area contributed by atoms with Crippen LogP contribution in [0.2, 0.25) is 0 Å². The van der Waals surface area contributed by atoms with Crippen LogP contribution in [0, 0.1) is 5.92 Å². The Bertz CT molecular complexity index is 174. The smallest absolute Gasteiger partial charge is 0.0191 e. The van der Waals surface area contributed by atoms with Crippen LogP contribution in [0.5, 0.6) is 0 Å². The third kappa shape index (κ3) is 4.42. The molecule has 1 saturated carbocycles. The SMILES string of the molecule is CCCC(CN(C)C1CCC(C)CC1)NC. The van der Waals surface area contributed by atoms with Crippen LogP contribution in [0.3, 0.4) is 0 Å². The third-order valence-electron chi connectivity index (χ3n) is 4.16. The molecule has 1 fully saturated rings. The molecule has 0 saturated heterocycles. The molecule has 2 heteroatoms. The van der Waals surface area contributed by atoms with Gasteiger partial charge in [-0.05, 0) is 52.1 Å². The fourth-order valence-corrected chi connectivity index (χ4v) is 2.86. The van der Waals surface area contributed by atoms with Crippen molar-refractivity contribution in [2.75, 3.05) is 20.6 Å². The number of rotatable bonds is 6. The van der Waals surface area contributed by atoms with E-state index in [9.17, 15) is 0 Å². The first-order chi connectivity index (χ1) is 7.67. The summed E-state index contributed by atoms with van der Waals surface area (Å²) in [4.78, 5) is 2.59. The molecule has 0 spiro atoms. The van der Waals surface area contributed by atoms with Gasteiger partial charge in [0.05, 0.1) is 0 Å². The Hall–Kier alpha value is -0.0800. The Morgan fingerprint density at radius 3 is 2.38 bits per heavy atom. The minimum atomic E-state index is 0.675. The monoisotopic (exact) mass is 226 g/mol. The topological polar surface area (TPSA) is 15.3 Å². The molecular formula is C14H30N2. The number of nitrogens with zero attached hydrogens (tertiary/aromatic N) is 1. The first-order valence-corrected chi connectivity index (χ1v) is 7.04. The van der Waals surface area contributed by atoms with Gasteiger partial charge in [-0.2, -0.15) is 0 Å². The molecule has 0 amide bonds. The van der Waals surface area contributed by atoms with Gasteiger partial charge in [0.2, 0.25) is 0 Å². The van der Waals surface area contributed by atoms with Gasteiger partial charge in [-0.3, -0.25) is 0 Å². The van der Waals surface area contributed by atoms with E-state index in [0.29, 0.717) is 6.04 Å². The Morgan fingerprint density at radius 2 is 1.88 bits per heavy atom. The highest BCUT2D eigenvalue weighted by Gasteiger charge is 2.22. The van der Waals surface area contributed by atoms with Crippen LogP contribution in [0.4, 0.5) is 0 Å². The van der Waals surface area contributed by atoms with Crippen molar-refractivity contribution in [3.8, 4) is 0 Å². The summed E-state index contributed by atoms with van der Waals surface area (Å²) in [5.74, 6) is 0.959. The zero-order valence-corrected chi connectivity index (χ0v) is 11.6. The van der Waals surface area contributed by atoms with E-state index in [1.54, 1.807) is 0 Å². The van der Waals surface area contributed by atoms with Crippen LogP contribution in [0.15, 0.2) is 0 Å². The lowest BCUT2D eigenvalue weighted by atomic mass is 9.86. The van der Waals surface area contributed by atoms with E-state index in [1.807, 2.05) is 0 Å². The van der Waals surface area contributed by atoms with E-state index < -0.39 is 0 Å². The first kappa shape index (κ1) is 14.0. The van der Waals surface area contributed by atoms with E-state index in [1.165, 1.54) is 45.1 Å². The fraction of sp³-hybridized carbons (Fsp3) is 1.00. The van der Waals surface area contributed by atoms with Gasteiger partial charge < -0.3 is 10.2 Å². The highest BCUT2D eigenvalue weighted by molar-refractivity contribution is 4.79. The van der Waals surface area contributed by atoms with Gasteiger partial charge in [-0.1, -0.05) is 20.3 Å². The number of likely N-dealkylation sites (N-methyl/N-ethyl adjacent to an activating group) is 2. The predicted octanol–water partition coefficient (Wildman–Crippen LogP) is 2.89. The van der Waals surface area contributed by atoms with Crippen LogP contribution in [0.25, 0.3) is 0 Å². The summed E-state index contributed by atoms with van der Waals surface area (Å²) in [6, 6.07) is 1.51. The maximum absolute atomic E-state index is 3.44. The molecule has 0 heterocycles. The van der Waals surface area contributed by atoms with Gasteiger partial charge in [-0.25, -0.2) is 0 Å². The Labute approximate surface area is 102 Å². The van der Waals surface area contributed by atoms with Crippen LogP contribution in [-0.4, -0.2) is 37.6 Å². The van der Waals surface area contributed by atoms with Crippen LogP contribution >= 0.6 is 0 Å². The molecule has 0 aromatic carbocycles. The quantitative estimate of drug-likeness (QED) is 0.749. The minimum Gasteiger partial charge on any atom is -0.316 e. The van der Waals surface area contributed by atoms with Gasteiger partial charge in [0.15, 0.2) is 0 Å². The van der Waals surface area contributed by atoms with Crippen molar-refractivity contribution in [3.63, 3.8) is 0 Å². The number of hydrogen-bond acceptors (Lipinski definition) is 2. The summed E-state index contributed by atoms with van der Waals surface area (Å²) in [6.07, 6.45) is 8.23. The highest BCUT2D eigenvalue weighted by atomic mass is 15.1. The van der Waals surface area contributed by atoms with Gasteiger partial charge in [0.1, 0.15) is 0 Å². The highest BCUT2D eigenvalue weighted by Crippen LogP contribution is 2.26. The summed E-state index contributed by atoms with van der Waals surface area (Å²) in [7, 11) is 4.40. The lowest BCUT2D eigenvalue weighted by molar-refractivity contribution is 0.155. The molecule has 1 aliphatic carbocycles. The second kappa shape index (κ2) is 7.29. The van der Waals surface area contributed by atoms with Crippen molar-refractivity contribution in [1.29, 1.82) is 0 Å². The molecular weight excluding hydrogens is 196 g/mol. The molecule has 1 atom stereocenters. The van der Waals surface area contributed by atoms with Gasteiger partial charge in [0.25, 0.3) is 0 Å². The van der Waals surface area contributed by atoms with Crippen molar-refractivity contribution >= 4 is 0 Å². The zero-order valence-electron chi connectivity index (χ0n) is 11.6. The maximum Gasteiger partial charge on any atom is 0.0191 e. The predicted molar refractivity (Wildman–Crippen MR) is 71.8 cm³/mol. The van der Waals surface area contributed by atoms with Crippen molar-refractivity contribution in [3.05, 3.63) is 0 Å². The average molecular weight is 226 g/mol. The molecule has 1 N–H and O–H groups in total. The maximum atomic E-state index is 3.44. The molecule has 96 valence electrons. The summed E-state index contributed by atoms with van der Waals surface area (Å²) in [5.41, 5.74) is 0. The fourth-order valence-electron chi connectivity index (χ4n) is 2.86. The zero-order chi connectivity index (χ0) is 12.0. The lowest BCUT2D eigenvalue weighted by Crippen LogP contribution is -2.43. The van der Waals surface area contributed by atoms with Crippen molar-refractivity contribution < 1.29 is 0 Å². The van der Waals surface area contributed by atoms with Crippen molar-refractivity contribution in [1.82, 2.24) is 10.2 Å². The normalized spacial score (nSPS) is 28.3. The van der Waals surface area contributed by atoms with Crippen LogP contribution < -0.4 is 5.32 Å². The summed E-state index contributed by atoms with van der Waals surface area (Å²) in [5, 5.41) is 3.44. The largest absolute Gasteiger partial charge is 0.316 e. The van der Waals surface area contributed by atoms with E-state index in [0.717, 1.165) is 12.0 Å². The second-order valence-corrected chi connectivity index (χ2v) is 5.63. The first-order valence-electron chi connectivity index (χ1n) is 7.04. The summed E-state index contributed by atoms with van der Waals surface area (Å²) >= 11 is 0. The Balaban J connectivity index is 2.30. The lowest BCUT2D eigenvalue weighted by Gasteiger charge is -2.35. The van der Waals surface area contributed by atoms with Gasteiger partial charge in [0, 0.05) is 18.6 Å². The average Bonchev–Trinajstić information content (AvgIpc) is 2.29. The standard InChI is InChI=1S/C14H30N2/c1-5-6-13(15-3)11-16(4)14-9-7-12(2)8-10-14/h12-15H,5-11H2,1-4H3. The number of hydrogen-bond donors (Lipinski definition) is 1. The van der Waals surface area contributed by atoms with E-state index >= 15 is 0 Å². The molecule has 1 aliphatic rings. The van der Waals surface area contributed by atoms with Crippen LogP contribution in [-0.2, 0) is 0 Å². The molecule has 1 rings (SSSR count). The van der Waals surface area contributed by atoms with Crippen molar-refractivity contribution in [2.45, 2.75) is 64.5 Å². The van der Waals surface area contributed by atoms with Crippen molar-refractivity contribution in [2.24, 2.45) is 5.92 Å². The van der Waals surface area contributed by atoms with E-state index in [4.69, 9.17) is 0 Å². The summed E-state index contributed by atoms with van der Waals surface area (Å²) in [6.45, 7) is 5.87. The Kier molecular flexibility index (Phi) is 6.37. The molecule has 0 aromatic heterocycles. The van der Waals surface area contributed by atoms with Gasteiger partial charge in [-0.15, -0.1) is 0 Å². The third-order valence-corrected chi connectivity index (χ3v) is 4.16. The van der Waals surface area contributed by atoms with Gasteiger partial charge >= 0.3 is 0 Å². The van der Waals surface area contributed by atoms with E-state index in [2.05, 4.69) is 38.2 Å². The van der Waals surface area contributed by atoms with E-state index in [-0.39, 0.29) is 0 Å². The summed E-state index contributed by atoms with van der Waals surface area (Å²) < 4.78 is 0. The molecule has 1 unspecified atom stereocenters. The Morgan fingerprint density at radius 1 is 1.25 bits per heavy atom. The second-order valence-electron chi connectivity index (χ2n) is 5.63.